The molecular weight excluding hydrogens is 797 g/mol. The maximum atomic E-state index is 2.43. The number of rotatable bonds is 9. The highest BCUT2D eigenvalue weighted by Crippen LogP contribution is 2.49. The molecule has 0 bridgehead atoms. The summed E-state index contributed by atoms with van der Waals surface area (Å²) in [6, 6.07) is 97.1. The summed E-state index contributed by atoms with van der Waals surface area (Å²) in [5.74, 6) is 0. The molecular formula is C64H44N2. The number of nitrogens with zero attached hydrogens (tertiary/aromatic N) is 2. The number of benzene rings is 12. The van der Waals surface area contributed by atoms with E-state index in [1.807, 2.05) is 0 Å². The zero-order valence-corrected chi connectivity index (χ0v) is 36.3. The summed E-state index contributed by atoms with van der Waals surface area (Å²) in [5.41, 5.74) is 13.8. The molecule has 0 saturated heterocycles. The molecule has 310 valence electrons. The summed E-state index contributed by atoms with van der Waals surface area (Å²) in [4.78, 5) is 4.83. The number of hydrogen-bond acceptors (Lipinski definition) is 2. The molecule has 12 aromatic rings. The predicted octanol–water partition coefficient (Wildman–Crippen LogP) is 18.2. The summed E-state index contributed by atoms with van der Waals surface area (Å²) in [7, 11) is 0. The Labute approximate surface area is 385 Å². The van der Waals surface area contributed by atoms with Crippen LogP contribution in [0.15, 0.2) is 267 Å². The first-order chi connectivity index (χ1) is 32.8. The monoisotopic (exact) mass is 840 g/mol. The third-order valence-corrected chi connectivity index (χ3v) is 13.0. The van der Waals surface area contributed by atoms with Crippen LogP contribution in [-0.4, -0.2) is 0 Å². The van der Waals surface area contributed by atoms with Crippen LogP contribution < -0.4 is 9.80 Å². The quantitative estimate of drug-likeness (QED) is 0.134. The van der Waals surface area contributed by atoms with Gasteiger partial charge in [-0.05, 0) is 126 Å². The summed E-state index contributed by atoms with van der Waals surface area (Å²) in [6.07, 6.45) is 0. The standard InChI is InChI=1S/C64H44N2/c1-5-19-45(20-6-1)46-35-37-50(38-36-46)64-58-42-40-53(65(51-27-9-3-10-28-51)61-33-17-25-47-21-13-15-31-55(47)61)43-59(58)63(49-23-7-2-8-24-49)57-41-39-54(44-60(57)64)66(52-29-11-4-12-30-52)62-34-18-26-48-22-14-16-32-56(48)62/h1-44H. The van der Waals surface area contributed by atoms with E-state index in [1.165, 1.54) is 76.5 Å². The van der Waals surface area contributed by atoms with Crippen LogP contribution in [0.4, 0.5) is 34.1 Å². The average Bonchev–Trinajstić information content (AvgIpc) is 3.39. The van der Waals surface area contributed by atoms with Crippen molar-refractivity contribution in [2.45, 2.75) is 0 Å². The molecule has 2 heteroatoms. The fourth-order valence-corrected chi connectivity index (χ4v) is 9.98. The fourth-order valence-electron chi connectivity index (χ4n) is 9.98. The van der Waals surface area contributed by atoms with E-state index in [0.717, 1.165) is 34.1 Å². The highest BCUT2D eigenvalue weighted by molar-refractivity contribution is 6.23. The Morgan fingerprint density at radius 1 is 0.197 bits per heavy atom. The Balaban J connectivity index is 1.17. The van der Waals surface area contributed by atoms with Gasteiger partial charge in [-0.3, -0.25) is 0 Å². The molecule has 0 heterocycles. The minimum absolute atomic E-state index is 1.09. The van der Waals surface area contributed by atoms with Gasteiger partial charge in [-0.15, -0.1) is 0 Å². The van der Waals surface area contributed by atoms with E-state index < -0.39 is 0 Å². The van der Waals surface area contributed by atoms with E-state index in [4.69, 9.17) is 0 Å². The lowest BCUT2D eigenvalue weighted by Crippen LogP contribution is -2.11. The van der Waals surface area contributed by atoms with E-state index in [-0.39, 0.29) is 0 Å². The van der Waals surface area contributed by atoms with Gasteiger partial charge in [0.15, 0.2) is 0 Å². The van der Waals surface area contributed by atoms with Crippen molar-refractivity contribution >= 4 is 77.2 Å². The van der Waals surface area contributed by atoms with Crippen molar-refractivity contribution in [1.82, 2.24) is 0 Å². The van der Waals surface area contributed by atoms with Crippen LogP contribution in [0, 0.1) is 0 Å². The zero-order chi connectivity index (χ0) is 43.8. The number of hydrogen-bond donors (Lipinski definition) is 0. The van der Waals surface area contributed by atoms with Crippen molar-refractivity contribution < 1.29 is 0 Å². The second kappa shape index (κ2) is 16.8. The molecule has 0 N–H and O–H groups in total. The maximum absolute atomic E-state index is 2.43. The van der Waals surface area contributed by atoms with E-state index in [9.17, 15) is 0 Å². The van der Waals surface area contributed by atoms with Gasteiger partial charge in [0.1, 0.15) is 0 Å². The summed E-state index contributed by atoms with van der Waals surface area (Å²) >= 11 is 0. The third-order valence-electron chi connectivity index (χ3n) is 13.0. The maximum Gasteiger partial charge on any atom is 0.0540 e. The van der Waals surface area contributed by atoms with Gasteiger partial charge in [-0.25, -0.2) is 0 Å². The summed E-state index contributed by atoms with van der Waals surface area (Å²) in [5, 5.41) is 9.58. The number of para-hydroxylation sites is 2. The van der Waals surface area contributed by atoms with Gasteiger partial charge in [0.05, 0.1) is 11.4 Å². The molecule has 0 unspecified atom stereocenters. The van der Waals surface area contributed by atoms with Gasteiger partial charge in [0, 0.05) is 33.5 Å². The molecule has 0 aliphatic carbocycles. The summed E-state index contributed by atoms with van der Waals surface area (Å²) < 4.78 is 0. The first kappa shape index (κ1) is 38.9. The third kappa shape index (κ3) is 6.93. The van der Waals surface area contributed by atoms with Crippen LogP contribution >= 0.6 is 0 Å². The van der Waals surface area contributed by atoms with E-state index in [1.54, 1.807) is 0 Å². The molecule has 0 aliphatic rings. The van der Waals surface area contributed by atoms with Gasteiger partial charge >= 0.3 is 0 Å². The molecule has 66 heavy (non-hydrogen) atoms. The van der Waals surface area contributed by atoms with Crippen LogP contribution in [0.3, 0.4) is 0 Å². The van der Waals surface area contributed by atoms with Gasteiger partial charge < -0.3 is 9.80 Å². The van der Waals surface area contributed by atoms with Gasteiger partial charge in [0.2, 0.25) is 0 Å². The normalized spacial score (nSPS) is 11.3. The SMILES string of the molecule is c1ccc(-c2ccc(-c3c4ccc(N(c5ccccc5)c5cccc6ccccc56)cc4c(-c4ccccc4)c4ccc(N(c5ccccc5)c5cccc6ccccc56)cc34)cc2)cc1. The van der Waals surface area contributed by atoms with Crippen molar-refractivity contribution in [3.63, 3.8) is 0 Å². The van der Waals surface area contributed by atoms with Crippen LogP contribution in [-0.2, 0) is 0 Å². The second-order valence-corrected chi connectivity index (χ2v) is 16.9. The molecule has 0 spiro atoms. The minimum atomic E-state index is 1.09. The Morgan fingerprint density at radius 3 is 1.02 bits per heavy atom. The molecule has 0 radical (unpaired) electrons. The average molecular weight is 841 g/mol. The molecule has 0 saturated carbocycles. The smallest absolute Gasteiger partial charge is 0.0540 e. The molecule has 12 rings (SSSR count). The fraction of sp³-hybridized carbons (Fsp3) is 0. The Bertz CT molecular complexity index is 3670. The van der Waals surface area contributed by atoms with Crippen molar-refractivity contribution in [1.29, 1.82) is 0 Å². The van der Waals surface area contributed by atoms with Crippen molar-refractivity contribution in [2.75, 3.05) is 9.80 Å². The van der Waals surface area contributed by atoms with Crippen LogP contribution in [0.25, 0.3) is 76.5 Å². The minimum Gasteiger partial charge on any atom is -0.310 e. The largest absolute Gasteiger partial charge is 0.310 e. The molecule has 0 aromatic heterocycles. The molecule has 12 aromatic carbocycles. The van der Waals surface area contributed by atoms with Crippen molar-refractivity contribution in [3.8, 4) is 33.4 Å². The van der Waals surface area contributed by atoms with Gasteiger partial charge in [-0.2, -0.15) is 0 Å². The summed E-state index contributed by atoms with van der Waals surface area (Å²) in [6.45, 7) is 0. The van der Waals surface area contributed by atoms with Crippen LogP contribution in [0.1, 0.15) is 0 Å². The lowest BCUT2D eigenvalue weighted by atomic mass is 9.85. The van der Waals surface area contributed by atoms with Crippen LogP contribution in [0.5, 0.6) is 0 Å². The van der Waals surface area contributed by atoms with Crippen LogP contribution in [0.2, 0.25) is 0 Å². The van der Waals surface area contributed by atoms with Gasteiger partial charge in [0.25, 0.3) is 0 Å². The Hall–Kier alpha value is -8.72. The molecule has 0 fully saturated rings. The zero-order valence-electron chi connectivity index (χ0n) is 36.3. The molecule has 0 amide bonds. The van der Waals surface area contributed by atoms with E-state index >= 15 is 0 Å². The van der Waals surface area contributed by atoms with Crippen molar-refractivity contribution in [2.24, 2.45) is 0 Å². The first-order valence-electron chi connectivity index (χ1n) is 22.7. The lowest BCUT2D eigenvalue weighted by molar-refractivity contribution is 1.30. The lowest BCUT2D eigenvalue weighted by Gasteiger charge is -2.29. The van der Waals surface area contributed by atoms with E-state index in [2.05, 4.69) is 277 Å². The number of anilines is 6. The Morgan fingerprint density at radius 2 is 0.545 bits per heavy atom. The Kier molecular flexibility index (Phi) is 9.89. The first-order valence-corrected chi connectivity index (χ1v) is 22.7. The highest BCUT2D eigenvalue weighted by Gasteiger charge is 2.23. The van der Waals surface area contributed by atoms with Crippen molar-refractivity contribution in [3.05, 3.63) is 267 Å². The highest BCUT2D eigenvalue weighted by atomic mass is 15.1. The predicted molar refractivity (Wildman–Crippen MR) is 282 cm³/mol. The topological polar surface area (TPSA) is 6.48 Å². The van der Waals surface area contributed by atoms with E-state index in [0.29, 0.717) is 0 Å². The molecule has 0 atom stereocenters. The number of fused-ring (bicyclic) bond motifs is 4. The second-order valence-electron chi connectivity index (χ2n) is 16.9. The van der Waals surface area contributed by atoms with Gasteiger partial charge in [-0.1, -0.05) is 206 Å². The molecule has 2 nitrogen and oxygen atoms in total. The molecule has 0 aliphatic heterocycles.